The average Bonchev–Trinajstić information content (AvgIpc) is 3.23. The van der Waals surface area contributed by atoms with Gasteiger partial charge in [0.15, 0.2) is 0 Å². The van der Waals surface area contributed by atoms with Gasteiger partial charge in [0, 0.05) is 10.4 Å². The van der Waals surface area contributed by atoms with Gasteiger partial charge in [0.2, 0.25) is 0 Å². The molecule has 1 heterocycles. The number of para-hydroxylation sites is 1. The average molecular weight is 465 g/mol. The van der Waals surface area contributed by atoms with Crippen LogP contribution in [0.3, 0.4) is 0 Å². The van der Waals surface area contributed by atoms with Crippen LogP contribution in [0.25, 0.3) is 6.08 Å². The van der Waals surface area contributed by atoms with Crippen molar-refractivity contribution in [3.63, 3.8) is 0 Å². The summed E-state index contributed by atoms with van der Waals surface area (Å²) in [5.41, 5.74) is 3.51. The third-order valence-corrected chi connectivity index (χ3v) is 6.78. The Balaban J connectivity index is 1.53. The predicted octanol–water partition coefficient (Wildman–Crippen LogP) is 5.49. The summed E-state index contributed by atoms with van der Waals surface area (Å²) < 4.78 is 5.92. The lowest BCUT2D eigenvalue weighted by Crippen LogP contribution is -2.13. The van der Waals surface area contributed by atoms with Gasteiger partial charge in [-0.15, -0.1) is 11.3 Å². The van der Waals surface area contributed by atoms with Gasteiger partial charge < -0.3 is 10.1 Å². The Hall–Kier alpha value is -4.38. The van der Waals surface area contributed by atoms with Crippen molar-refractivity contribution in [2.24, 2.45) is 0 Å². The zero-order valence-electron chi connectivity index (χ0n) is 18.3. The number of carbonyl (C=O) groups is 1. The lowest BCUT2D eigenvalue weighted by molar-refractivity contribution is -0.112. The Morgan fingerprint density at radius 2 is 1.79 bits per heavy atom. The number of benzene rings is 2. The fraction of sp³-hybridized carbons (Fsp3) is 0.185. The fourth-order valence-corrected chi connectivity index (χ4v) is 5.05. The van der Waals surface area contributed by atoms with Crippen molar-refractivity contribution in [2.45, 2.75) is 32.3 Å². The van der Waals surface area contributed by atoms with Crippen molar-refractivity contribution >= 4 is 28.3 Å². The van der Waals surface area contributed by atoms with E-state index in [1.165, 1.54) is 17.4 Å². The number of carbonyl (C=O) groups excluding carboxylic acids is 1. The van der Waals surface area contributed by atoms with E-state index in [-0.39, 0.29) is 12.2 Å². The van der Waals surface area contributed by atoms with E-state index in [1.807, 2.05) is 24.3 Å². The van der Waals surface area contributed by atoms with Crippen LogP contribution in [0, 0.1) is 34.0 Å². The Kier molecular flexibility index (Phi) is 7.04. The molecule has 1 aliphatic carbocycles. The zero-order chi connectivity index (χ0) is 23.9. The van der Waals surface area contributed by atoms with E-state index in [1.54, 1.807) is 30.3 Å². The molecule has 0 aliphatic heterocycles. The van der Waals surface area contributed by atoms with E-state index < -0.39 is 5.91 Å². The number of nitriles is 3. The van der Waals surface area contributed by atoms with Gasteiger partial charge in [-0.2, -0.15) is 15.8 Å². The second-order valence-electron chi connectivity index (χ2n) is 7.79. The van der Waals surface area contributed by atoms with E-state index in [4.69, 9.17) is 10.00 Å². The number of amides is 1. The van der Waals surface area contributed by atoms with Gasteiger partial charge in [-0.05, 0) is 61.1 Å². The second kappa shape index (κ2) is 10.5. The summed E-state index contributed by atoms with van der Waals surface area (Å²) in [6, 6.07) is 20.5. The Bertz CT molecular complexity index is 1380. The largest absolute Gasteiger partial charge is 0.488 e. The van der Waals surface area contributed by atoms with Crippen LogP contribution < -0.4 is 10.1 Å². The molecule has 0 unspecified atom stereocenters. The minimum Gasteiger partial charge on any atom is -0.488 e. The molecule has 3 aromatic rings. The van der Waals surface area contributed by atoms with Gasteiger partial charge in [-0.1, -0.05) is 30.3 Å². The number of rotatable bonds is 6. The molecule has 34 heavy (non-hydrogen) atoms. The molecule has 0 radical (unpaired) electrons. The SMILES string of the molecule is N#CC(=Cc1ccccc1OCc1ccc(C#N)cc1)C(=O)Nc1sc2c(c1C#N)CCCC2. The highest BCUT2D eigenvalue weighted by Gasteiger charge is 2.22. The molecule has 1 aliphatic rings. The molecule has 0 fully saturated rings. The van der Waals surface area contributed by atoms with Crippen LogP contribution in [-0.2, 0) is 24.2 Å². The van der Waals surface area contributed by atoms with Crippen LogP contribution in [0.5, 0.6) is 5.75 Å². The quantitative estimate of drug-likeness (QED) is 0.383. The summed E-state index contributed by atoms with van der Waals surface area (Å²) in [4.78, 5) is 14.0. The molecule has 1 N–H and O–H groups in total. The summed E-state index contributed by atoms with van der Waals surface area (Å²) >= 11 is 1.42. The van der Waals surface area contributed by atoms with Crippen molar-refractivity contribution in [3.05, 3.63) is 86.8 Å². The molecular weight excluding hydrogens is 444 g/mol. The van der Waals surface area contributed by atoms with Crippen LogP contribution in [0.15, 0.2) is 54.1 Å². The van der Waals surface area contributed by atoms with E-state index in [0.717, 1.165) is 41.7 Å². The first-order valence-corrected chi connectivity index (χ1v) is 11.6. The Labute approximate surface area is 202 Å². The highest BCUT2D eigenvalue weighted by molar-refractivity contribution is 7.16. The van der Waals surface area contributed by atoms with Crippen LogP contribution >= 0.6 is 11.3 Å². The van der Waals surface area contributed by atoms with Crippen LogP contribution in [0.2, 0.25) is 0 Å². The number of hydrogen-bond donors (Lipinski definition) is 1. The number of nitrogens with one attached hydrogen (secondary N) is 1. The molecule has 0 saturated heterocycles. The minimum absolute atomic E-state index is 0.0790. The van der Waals surface area contributed by atoms with Crippen molar-refractivity contribution in [1.82, 2.24) is 0 Å². The van der Waals surface area contributed by atoms with Gasteiger partial charge in [-0.25, -0.2) is 0 Å². The van der Waals surface area contributed by atoms with Crippen LogP contribution in [0.4, 0.5) is 5.00 Å². The second-order valence-corrected chi connectivity index (χ2v) is 8.89. The first kappa shape index (κ1) is 22.8. The number of hydrogen-bond acceptors (Lipinski definition) is 6. The van der Waals surface area contributed by atoms with E-state index >= 15 is 0 Å². The Morgan fingerprint density at radius 3 is 2.53 bits per heavy atom. The molecule has 7 heteroatoms. The number of aryl methyl sites for hydroxylation is 1. The van der Waals surface area contributed by atoms with Crippen molar-refractivity contribution < 1.29 is 9.53 Å². The molecule has 1 aromatic heterocycles. The predicted molar refractivity (Wildman–Crippen MR) is 130 cm³/mol. The molecule has 2 aromatic carbocycles. The number of thiophene rings is 1. The van der Waals surface area contributed by atoms with E-state index in [0.29, 0.717) is 27.4 Å². The molecule has 1 amide bonds. The molecule has 4 rings (SSSR count). The monoisotopic (exact) mass is 464 g/mol. The lowest BCUT2D eigenvalue weighted by atomic mass is 9.96. The Morgan fingerprint density at radius 1 is 1.03 bits per heavy atom. The van der Waals surface area contributed by atoms with E-state index in [2.05, 4.69) is 17.5 Å². The van der Waals surface area contributed by atoms with Gasteiger partial charge >= 0.3 is 0 Å². The first-order chi connectivity index (χ1) is 16.6. The zero-order valence-corrected chi connectivity index (χ0v) is 19.1. The van der Waals surface area contributed by atoms with Crippen molar-refractivity contribution in [2.75, 3.05) is 5.32 Å². The molecule has 0 spiro atoms. The normalized spacial score (nSPS) is 12.6. The van der Waals surface area contributed by atoms with Gasteiger partial charge in [0.25, 0.3) is 5.91 Å². The van der Waals surface area contributed by atoms with Crippen LogP contribution in [0.1, 0.15) is 45.5 Å². The topological polar surface area (TPSA) is 110 Å². The maximum absolute atomic E-state index is 12.9. The van der Waals surface area contributed by atoms with Crippen molar-refractivity contribution in [1.29, 1.82) is 15.8 Å². The van der Waals surface area contributed by atoms with Gasteiger partial charge in [0.1, 0.15) is 35.1 Å². The third-order valence-electron chi connectivity index (χ3n) is 5.57. The first-order valence-electron chi connectivity index (χ1n) is 10.8. The maximum atomic E-state index is 12.9. The highest BCUT2D eigenvalue weighted by atomic mass is 32.1. The smallest absolute Gasteiger partial charge is 0.266 e. The molecule has 166 valence electrons. The van der Waals surface area contributed by atoms with Gasteiger partial charge in [0.05, 0.1) is 17.2 Å². The molecule has 0 atom stereocenters. The maximum Gasteiger partial charge on any atom is 0.266 e. The van der Waals surface area contributed by atoms with Gasteiger partial charge in [-0.3, -0.25) is 4.79 Å². The number of fused-ring (bicyclic) bond motifs is 1. The summed E-state index contributed by atoms with van der Waals surface area (Å²) in [5, 5.41) is 31.5. The summed E-state index contributed by atoms with van der Waals surface area (Å²) in [6.07, 6.45) is 5.36. The molecule has 6 nitrogen and oxygen atoms in total. The number of nitrogens with zero attached hydrogens (tertiary/aromatic N) is 3. The van der Waals surface area contributed by atoms with Crippen LogP contribution in [-0.4, -0.2) is 5.91 Å². The summed E-state index contributed by atoms with van der Waals surface area (Å²) in [7, 11) is 0. The third kappa shape index (κ3) is 4.99. The summed E-state index contributed by atoms with van der Waals surface area (Å²) in [6.45, 7) is 0.275. The molecular formula is C27H20N4O2S. The number of ether oxygens (including phenoxy) is 1. The number of anilines is 1. The minimum atomic E-state index is -0.556. The molecule has 0 saturated carbocycles. The standard InChI is InChI=1S/C27H20N4O2S/c28-14-18-9-11-19(12-10-18)17-33-24-7-3-1-5-20(24)13-21(15-29)26(32)31-27-23(16-30)22-6-2-4-8-25(22)34-27/h1,3,5,7,9-13H,2,4,6,8,17H2,(H,31,32). The lowest BCUT2D eigenvalue weighted by Gasteiger charge is -2.10. The molecule has 0 bridgehead atoms. The highest BCUT2D eigenvalue weighted by Crippen LogP contribution is 2.37. The van der Waals surface area contributed by atoms with E-state index in [9.17, 15) is 15.3 Å². The van der Waals surface area contributed by atoms with Crippen molar-refractivity contribution in [3.8, 4) is 24.0 Å². The fourth-order valence-electron chi connectivity index (χ4n) is 3.81. The summed E-state index contributed by atoms with van der Waals surface area (Å²) in [5.74, 6) is -0.0313.